The molecule has 0 aliphatic heterocycles. The van der Waals surface area contributed by atoms with Crippen LogP contribution in [0.1, 0.15) is 13.3 Å². The molecule has 0 unspecified atom stereocenters. The summed E-state index contributed by atoms with van der Waals surface area (Å²) in [5, 5.41) is 9.00. The Kier molecular flexibility index (Phi) is 2.91. The summed E-state index contributed by atoms with van der Waals surface area (Å²) in [5.74, 6) is -1.24. The molecule has 0 heterocycles. The van der Waals surface area contributed by atoms with E-state index in [1.807, 2.05) is 36.5 Å². The van der Waals surface area contributed by atoms with Gasteiger partial charge in [-0.1, -0.05) is 42.5 Å². The largest absolute Gasteiger partial charge is 0.481 e. The zero-order valence-electron chi connectivity index (χ0n) is 9.18. The van der Waals surface area contributed by atoms with Crippen molar-refractivity contribution in [3.8, 4) is 0 Å². The van der Waals surface area contributed by atoms with Crippen LogP contribution in [0, 0.1) is 5.92 Å². The SMILES string of the molecule is C[C@H](C(=O)O)C1=CC2=CC=CC=C(C=C1)C2. The molecule has 0 saturated heterocycles. The van der Waals surface area contributed by atoms with Crippen LogP contribution < -0.4 is 0 Å². The van der Waals surface area contributed by atoms with Crippen LogP contribution in [-0.2, 0) is 4.79 Å². The van der Waals surface area contributed by atoms with Gasteiger partial charge in [-0.25, -0.2) is 0 Å². The minimum absolute atomic E-state index is 0.456. The van der Waals surface area contributed by atoms with Crippen molar-refractivity contribution in [3.63, 3.8) is 0 Å². The van der Waals surface area contributed by atoms with Gasteiger partial charge in [-0.3, -0.25) is 4.79 Å². The lowest BCUT2D eigenvalue weighted by atomic mass is 9.99. The molecule has 2 aliphatic rings. The molecule has 0 spiro atoms. The van der Waals surface area contributed by atoms with Crippen LogP contribution in [0.25, 0.3) is 0 Å². The van der Waals surface area contributed by atoms with E-state index >= 15 is 0 Å². The highest BCUT2D eigenvalue weighted by Gasteiger charge is 2.16. The predicted octanol–water partition coefficient (Wildman–Crippen LogP) is 3.02. The van der Waals surface area contributed by atoms with Crippen molar-refractivity contribution in [1.82, 2.24) is 0 Å². The van der Waals surface area contributed by atoms with Crippen molar-refractivity contribution in [1.29, 1.82) is 0 Å². The minimum Gasteiger partial charge on any atom is -0.481 e. The zero-order chi connectivity index (χ0) is 11.5. The predicted molar refractivity (Wildman–Crippen MR) is 63.9 cm³/mol. The Morgan fingerprint density at radius 1 is 1.25 bits per heavy atom. The number of allylic oxidation sites excluding steroid dienone is 9. The second kappa shape index (κ2) is 4.35. The molecule has 1 N–H and O–H groups in total. The summed E-state index contributed by atoms with van der Waals surface area (Å²) in [6, 6.07) is 0. The first-order valence-corrected chi connectivity index (χ1v) is 5.35. The van der Waals surface area contributed by atoms with Crippen LogP contribution in [0.4, 0.5) is 0 Å². The van der Waals surface area contributed by atoms with Crippen LogP contribution >= 0.6 is 0 Å². The third kappa shape index (κ3) is 2.22. The molecule has 0 fully saturated rings. The summed E-state index contributed by atoms with van der Waals surface area (Å²) in [5.41, 5.74) is 3.23. The lowest BCUT2D eigenvalue weighted by molar-refractivity contribution is -0.139. The Labute approximate surface area is 95.0 Å². The quantitative estimate of drug-likeness (QED) is 0.767. The van der Waals surface area contributed by atoms with E-state index in [2.05, 4.69) is 6.08 Å². The van der Waals surface area contributed by atoms with Crippen molar-refractivity contribution in [2.45, 2.75) is 13.3 Å². The maximum atomic E-state index is 10.9. The Hall–Kier alpha value is -1.83. The summed E-state index contributed by atoms with van der Waals surface area (Å²) < 4.78 is 0. The van der Waals surface area contributed by atoms with Gasteiger partial charge in [0.15, 0.2) is 0 Å². The molecule has 0 aromatic heterocycles. The van der Waals surface area contributed by atoms with Crippen molar-refractivity contribution in [2.24, 2.45) is 5.92 Å². The van der Waals surface area contributed by atoms with E-state index in [-0.39, 0.29) is 0 Å². The molecule has 2 bridgehead atoms. The van der Waals surface area contributed by atoms with Crippen molar-refractivity contribution in [2.75, 3.05) is 0 Å². The van der Waals surface area contributed by atoms with Crippen molar-refractivity contribution in [3.05, 3.63) is 59.3 Å². The number of fused-ring (bicyclic) bond motifs is 2. The van der Waals surface area contributed by atoms with E-state index in [1.54, 1.807) is 6.92 Å². The van der Waals surface area contributed by atoms with E-state index in [4.69, 9.17) is 5.11 Å². The Morgan fingerprint density at radius 3 is 2.62 bits per heavy atom. The van der Waals surface area contributed by atoms with Crippen molar-refractivity contribution >= 4 is 5.97 Å². The third-order valence-corrected chi connectivity index (χ3v) is 2.85. The molecule has 0 amide bonds. The normalized spacial score (nSPS) is 20.2. The molecule has 16 heavy (non-hydrogen) atoms. The highest BCUT2D eigenvalue weighted by Crippen LogP contribution is 2.26. The molecule has 1 atom stereocenters. The molecule has 0 aromatic carbocycles. The summed E-state index contributed by atoms with van der Waals surface area (Å²) in [7, 11) is 0. The van der Waals surface area contributed by atoms with E-state index in [1.165, 1.54) is 5.57 Å². The van der Waals surface area contributed by atoms with E-state index in [0.29, 0.717) is 0 Å². The second-order valence-electron chi connectivity index (χ2n) is 4.08. The van der Waals surface area contributed by atoms with Crippen LogP contribution in [0.5, 0.6) is 0 Å². The van der Waals surface area contributed by atoms with E-state index < -0.39 is 11.9 Å². The minimum atomic E-state index is -0.782. The number of hydrogen-bond acceptors (Lipinski definition) is 1. The van der Waals surface area contributed by atoms with Gasteiger partial charge in [0, 0.05) is 0 Å². The maximum Gasteiger partial charge on any atom is 0.310 e. The molecular weight excluding hydrogens is 200 g/mol. The molecule has 0 aromatic rings. The number of carboxylic acid groups (broad SMARTS) is 1. The molecule has 2 rings (SSSR count). The third-order valence-electron chi connectivity index (χ3n) is 2.85. The van der Waals surface area contributed by atoms with Gasteiger partial charge in [-0.2, -0.15) is 0 Å². The van der Waals surface area contributed by atoms with Gasteiger partial charge in [0.1, 0.15) is 0 Å². The highest BCUT2D eigenvalue weighted by molar-refractivity contribution is 5.74. The number of carboxylic acids is 1. The van der Waals surface area contributed by atoms with Gasteiger partial charge in [-0.15, -0.1) is 0 Å². The maximum absolute atomic E-state index is 10.9. The zero-order valence-corrected chi connectivity index (χ0v) is 9.18. The fourth-order valence-electron chi connectivity index (χ4n) is 1.80. The molecule has 2 nitrogen and oxygen atoms in total. The first-order chi connectivity index (χ1) is 7.66. The first-order valence-electron chi connectivity index (χ1n) is 5.35. The van der Waals surface area contributed by atoms with Gasteiger partial charge < -0.3 is 5.11 Å². The van der Waals surface area contributed by atoms with Gasteiger partial charge in [0.2, 0.25) is 0 Å². The molecule has 2 heteroatoms. The number of carbonyl (C=O) groups is 1. The van der Waals surface area contributed by atoms with Crippen LogP contribution in [0.2, 0.25) is 0 Å². The standard InChI is InChI=1S/C14H14O2/c1-10(14(15)16)13-7-6-11-4-2-3-5-12(8-11)9-13/h2-7,9-10H,8H2,1H3,(H,15,16)/t10-/m0/s1. The molecule has 2 aliphatic carbocycles. The Balaban J connectivity index is 2.38. The van der Waals surface area contributed by atoms with Gasteiger partial charge in [0.25, 0.3) is 0 Å². The smallest absolute Gasteiger partial charge is 0.310 e. The molecular formula is C14H14O2. The molecule has 82 valence electrons. The number of hydrogen-bond donors (Lipinski definition) is 1. The van der Waals surface area contributed by atoms with Crippen LogP contribution in [0.3, 0.4) is 0 Å². The molecule has 0 saturated carbocycles. The second-order valence-corrected chi connectivity index (χ2v) is 4.08. The highest BCUT2D eigenvalue weighted by atomic mass is 16.4. The van der Waals surface area contributed by atoms with E-state index in [9.17, 15) is 4.79 Å². The first kappa shape index (κ1) is 10.7. The fraction of sp³-hybridized carbons (Fsp3) is 0.214. The number of aliphatic carboxylic acids is 1. The lowest BCUT2D eigenvalue weighted by Crippen LogP contribution is -2.11. The lowest BCUT2D eigenvalue weighted by Gasteiger charge is -2.06. The number of rotatable bonds is 2. The summed E-state index contributed by atoms with van der Waals surface area (Å²) in [4.78, 5) is 10.9. The van der Waals surface area contributed by atoms with Crippen LogP contribution in [-0.4, -0.2) is 11.1 Å². The van der Waals surface area contributed by atoms with Gasteiger partial charge >= 0.3 is 5.97 Å². The van der Waals surface area contributed by atoms with Gasteiger partial charge in [-0.05, 0) is 30.1 Å². The Morgan fingerprint density at radius 2 is 1.94 bits per heavy atom. The van der Waals surface area contributed by atoms with Crippen LogP contribution in [0.15, 0.2) is 59.3 Å². The van der Waals surface area contributed by atoms with Crippen molar-refractivity contribution < 1.29 is 9.90 Å². The van der Waals surface area contributed by atoms with Gasteiger partial charge in [0.05, 0.1) is 5.92 Å². The average Bonchev–Trinajstić information content (AvgIpc) is 2.60. The summed E-state index contributed by atoms with van der Waals surface area (Å²) in [6.07, 6.45) is 14.8. The molecule has 0 radical (unpaired) electrons. The van der Waals surface area contributed by atoms with E-state index in [0.717, 1.165) is 17.6 Å². The summed E-state index contributed by atoms with van der Waals surface area (Å²) in [6.45, 7) is 1.71. The fourth-order valence-corrected chi connectivity index (χ4v) is 1.80. The monoisotopic (exact) mass is 214 g/mol. The average molecular weight is 214 g/mol. The topological polar surface area (TPSA) is 37.3 Å². The Bertz CT molecular complexity index is 459. The summed E-state index contributed by atoms with van der Waals surface area (Å²) >= 11 is 0.